The van der Waals surface area contributed by atoms with E-state index in [0.29, 0.717) is 0 Å². The van der Waals surface area contributed by atoms with Gasteiger partial charge in [0.1, 0.15) is 0 Å². The summed E-state index contributed by atoms with van der Waals surface area (Å²) in [5, 5.41) is 7.36. The normalized spacial score (nSPS) is 11.3. The van der Waals surface area contributed by atoms with E-state index in [1.807, 2.05) is 0 Å². The third kappa shape index (κ3) is 7.19. The molecule has 3 heteroatoms. The van der Waals surface area contributed by atoms with E-state index in [4.69, 9.17) is 11.1 Å². The van der Waals surface area contributed by atoms with Gasteiger partial charge >= 0.3 is 0 Å². The van der Waals surface area contributed by atoms with Crippen LogP contribution in [0.15, 0.2) is 0 Å². The lowest BCUT2D eigenvalue weighted by Gasteiger charge is -2.38. The molecule has 0 rings (SSSR count). The summed E-state index contributed by atoms with van der Waals surface area (Å²) in [6, 6.07) is 0. The topological polar surface area (TPSA) is 49.9 Å². The predicted octanol–water partition coefficient (Wildman–Crippen LogP) is 3.61. The Morgan fingerprint density at radius 3 is 1.86 bits per heavy atom. The van der Waals surface area contributed by atoms with Crippen molar-refractivity contribution in [1.82, 2.24) is 0 Å². The van der Waals surface area contributed by atoms with Gasteiger partial charge in [-0.15, -0.1) is 0 Å². The van der Waals surface area contributed by atoms with Gasteiger partial charge in [-0.2, -0.15) is 0 Å². The molecule has 0 aromatic carbocycles. The first-order valence-electron chi connectivity index (χ1n) is 5.05. The van der Waals surface area contributed by atoms with Crippen LogP contribution in [-0.2, 0) is 0 Å². The van der Waals surface area contributed by atoms with Crippen LogP contribution >= 0.6 is 12.2 Å². The molecular formula is C11H24N2S. The Morgan fingerprint density at radius 1 is 1.29 bits per heavy atom. The van der Waals surface area contributed by atoms with Gasteiger partial charge in [0.15, 0.2) is 0 Å². The summed E-state index contributed by atoms with van der Waals surface area (Å²) in [5.74, 6) is 0. The van der Waals surface area contributed by atoms with Crippen LogP contribution in [0.25, 0.3) is 0 Å². The summed E-state index contributed by atoms with van der Waals surface area (Å²) in [4.78, 5) is 0. The fourth-order valence-corrected chi connectivity index (χ4v) is 0.941. The molecule has 0 spiro atoms. The highest BCUT2D eigenvalue weighted by molar-refractivity contribution is 7.78. The molecule has 0 aliphatic heterocycles. The van der Waals surface area contributed by atoms with Crippen LogP contribution in [-0.4, -0.2) is 10.7 Å². The molecule has 0 aromatic rings. The lowest BCUT2D eigenvalue weighted by atomic mass is 9.72. The van der Waals surface area contributed by atoms with Crippen LogP contribution in [0, 0.1) is 10.8 Å². The van der Waals surface area contributed by atoms with Crippen molar-refractivity contribution in [3.63, 3.8) is 0 Å². The average Bonchev–Trinajstić information content (AvgIpc) is 2.00. The van der Waals surface area contributed by atoms with Crippen molar-refractivity contribution in [3.05, 3.63) is 0 Å². The lowest BCUT2D eigenvalue weighted by molar-refractivity contribution is 0.181. The van der Waals surface area contributed by atoms with Crippen molar-refractivity contribution in [2.75, 3.05) is 0 Å². The van der Waals surface area contributed by atoms with E-state index in [1.54, 1.807) is 5.16 Å². The molecule has 0 radical (unpaired) electrons. The molecule has 3 N–H and O–H groups in total. The first-order valence-corrected chi connectivity index (χ1v) is 5.46. The van der Waals surface area contributed by atoms with Crippen LogP contribution in [0.5, 0.6) is 0 Å². The molecule has 2 nitrogen and oxygen atoms in total. The van der Waals surface area contributed by atoms with Crippen molar-refractivity contribution in [3.8, 4) is 0 Å². The minimum absolute atomic E-state index is 0.0534. The maximum Gasteiger partial charge on any atom is 0.0554 e. The van der Waals surface area contributed by atoms with Gasteiger partial charge in [0.2, 0.25) is 0 Å². The Labute approximate surface area is 93.8 Å². The van der Waals surface area contributed by atoms with Crippen LogP contribution in [0.2, 0.25) is 0 Å². The van der Waals surface area contributed by atoms with Crippen LogP contribution in [0.1, 0.15) is 53.9 Å². The second-order valence-electron chi connectivity index (χ2n) is 4.81. The number of thiocarbonyl (C=S) groups is 1. The standard InChI is InChI=1S/C10H23N.CHNS/c1-6-7-8-9(2,3)10(4,5)11;2-1-3/h6-8,11H2,1-5H3;2H. The van der Waals surface area contributed by atoms with Crippen molar-refractivity contribution < 1.29 is 0 Å². The Bertz CT molecular complexity index is 174. The van der Waals surface area contributed by atoms with E-state index in [1.165, 1.54) is 19.3 Å². The van der Waals surface area contributed by atoms with Crippen molar-refractivity contribution in [2.24, 2.45) is 11.1 Å². The largest absolute Gasteiger partial charge is 0.325 e. The number of rotatable bonds is 4. The third-order valence-corrected chi connectivity index (χ3v) is 2.90. The number of isothiocyanates is 1. The molecule has 0 unspecified atom stereocenters. The average molecular weight is 216 g/mol. The van der Waals surface area contributed by atoms with Gasteiger partial charge in [-0.05, 0) is 37.9 Å². The lowest BCUT2D eigenvalue weighted by Crippen LogP contribution is -2.47. The molecule has 84 valence electrons. The molecule has 0 bridgehead atoms. The fourth-order valence-electron chi connectivity index (χ4n) is 0.941. The number of hydrogen-bond donors (Lipinski definition) is 2. The maximum atomic E-state index is 6.05. The zero-order valence-electron chi connectivity index (χ0n) is 10.1. The summed E-state index contributed by atoms with van der Waals surface area (Å²) in [5.41, 5.74) is 6.27. The highest BCUT2D eigenvalue weighted by Gasteiger charge is 2.32. The molecule has 0 atom stereocenters. The molecule has 0 aliphatic rings. The summed E-state index contributed by atoms with van der Waals surface area (Å²) in [6.45, 7) is 11.0. The van der Waals surface area contributed by atoms with Gasteiger partial charge in [0.25, 0.3) is 0 Å². The molecule has 0 amide bonds. The van der Waals surface area contributed by atoms with Crippen LogP contribution < -0.4 is 5.73 Å². The summed E-state index contributed by atoms with van der Waals surface area (Å²) < 4.78 is 0. The number of hydrogen-bond acceptors (Lipinski definition) is 3. The molecule has 14 heavy (non-hydrogen) atoms. The molecule has 0 aliphatic carbocycles. The molecule has 0 fully saturated rings. The second kappa shape index (κ2) is 7.10. The number of nitrogens with one attached hydrogen (secondary N) is 1. The van der Waals surface area contributed by atoms with E-state index < -0.39 is 0 Å². The number of nitrogens with two attached hydrogens (primary N) is 1. The molecule has 0 saturated heterocycles. The van der Waals surface area contributed by atoms with E-state index in [9.17, 15) is 0 Å². The van der Waals surface area contributed by atoms with Gasteiger partial charge in [0, 0.05) is 5.54 Å². The SMILES string of the molecule is CCCCC(C)(C)C(C)(C)N.N=C=S. The molecule has 0 aromatic heterocycles. The van der Waals surface area contributed by atoms with E-state index in [2.05, 4.69) is 46.8 Å². The van der Waals surface area contributed by atoms with Crippen LogP contribution in [0.3, 0.4) is 0 Å². The highest BCUT2D eigenvalue weighted by Crippen LogP contribution is 2.33. The number of unbranched alkanes of at least 4 members (excludes halogenated alkanes) is 1. The third-order valence-electron chi connectivity index (χ3n) is 2.90. The minimum Gasteiger partial charge on any atom is -0.325 e. The summed E-state index contributed by atoms with van der Waals surface area (Å²) in [6.07, 6.45) is 3.78. The Morgan fingerprint density at radius 2 is 1.64 bits per heavy atom. The Balaban J connectivity index is 0. The van der Waals surface area contributed by atoms with Gasteiger partial charge in [-0.3, -0.25) is 0 Å². The molecular weight excluding hydrogens is 192 g/mol. The van der Waals surface area contributed by atoms with E-state index in [-0.39, 0.29) is 11.0 Å². The van der Waals surface area contributed by atoms with Gasteiger partial charge in [-0.1, -0.05) is 33.6 Å². The van der Waals surface area contributed by atoms with Gasteiger partial charge in [0.05, 0.1) is 5.16 Å². The quantitative estimate of drug-likeness (QED) is 0.557. The Kier molecular flexibility index (Phi) is 8.22. The molecule has 0 saturated carbocycles. The fraction of sp³-hybridized carbons (Fsp3) is 0.909. The highest BCUT2D eigenvalue weighted by atomic mass is 32.1. The maximum absolute atomic E-state index is 6.05. The summed E-state index contributed by atoms with van der Waals surface area (Å²) in [7, 11) is 0. The van der Waals surface area contributed by atoms with Crippen molar-refractivity contribution in [1.29, 1.82) is 5.41 Å². The smallest absolute Gasteiger partial charge is 0.0554 e. The van der Waals surface area contributed by atoms with E-state index in [0.717, 1.165) is 0 Å². The van der Waals surface area contributed by atoms with E-state index >= 15 is 0 Å². The van der Waals surface area contributed by atoms with Crippen LogP contribution in [0.4, 0.5) is 0 Å². The first-order chi connectivity index (χ1) is 6.22. The zero-order chi connectivity index (χ0) is 11.8. The Hall–Kier alpha value is -0.240. The summed E-state index contributed by atoms with van der Waals surface area (Å²) >= 11 is 3.81. The van der Waals surface area contributed by atoms with Crippen molar-refractivity contribution >= 4 is 17.4 Å². The van der Waals surface area contributed by atoms with Crippen molar-refractivity contribution in [2.45, 2.75) is 59.4 Å². The zero-order valence-corrected chi connectivity index (χ0v) is 10.9. The second-order valence-corrected chi connectivity index (χ2v) is 5.02. The van der Waals surface area contributed by atoms with Gasteiger partial charge < -0.3 is 5.73 Å². The van der Waals surface area contributed by atoms with Gasteiger partial charge in [-0.25, -0.2) is 5.41 Å². The monoisotopic (exact) mass is 216 g/mol. The predicted molar refractivity (Wildman–Crippen MR) is 66.9 cm³/mol. The minimum atomic E-state index is -0.0534. The molecule has 0 heterocycles. The first kappa shape index (κ1) is 16.2.